The van der Waals surface area contributed by atoms with Crippen LogP contribution in [0.25, 0.3) is 22.0 Å². The van der Waals surface area contributed by atoms with Crippen molar-refractivity contribution < 1.29 is 19.4 Å². The zero-order valence-electron chi connectivity index (χ0n) is 18.9. The van der Waals surface area contributed by atoms with Gasteiger partial charge in [-0.2, -0.15) is 0 Å². The highest BCUT2D eigenvalue weighted by Gasteiger charge is 2.30. The third-order valence-corrected chi connectivity index (χ3v) is 6.63. The fourth-order valence-corrected chi connectivity index (χ4v) is 4.94. The van der Waals surface area contributed by atoms with Gasteiger partial charge in [-0.15, -0.1) is 0 Å². The largest absolute Gasteiger partial charge is 0.480 e. The molecule has 3 N–H and O–H groups in total. The fraction of sp³-hybridized carbons (Fsp3) is 0.214. The topological polar surface area (TPSA) is 91.4 Å². The van der Waals surface area contributed by atoms with Gasteiger partial charge in [-0.3, -0.25) is 0 Å². The molecule has 1 aliphatic carbocycles. The number of aliphatic carboxylic acids is 1. The first-order chi connectivity index (χ1) is 16.6. The fourth-order valence-electron chi connectivity index (χ4n) is 4.94. The molecule has 0 bridgehead atoms. The van der Waals surface area contributed by atoms with E-state index in [1.165, 1.54) is 5.56 Å². The van der Waals surface area contributed by atoms with E-state index in [0.29, 0.717) is 0 Å². The van der Waals surface area contributed by atoms with Gasteiger partial charge >= 0.3 is 12.1 Å². The predicted octanol–water partition coefficient (Wildman–Crippen LogP) is 5.26. The smallest absolute Gasteiger partial charge is 0.407 e. The number of carboxylic acids is 1. The summed E-state index contributed by atoms with van der Waals surface area (Å²) in [5.41, 5.74) is 7.51. The number of alkyl carbamates (subject to hydrolysis) is 1. The number of rotatable bonds is 7. The Morgan fingerprint density at radius 2 is 1.65 bits per heavy atom. The third-order valence-electron chi connectivity index (χ3n) is 6.63. The van der Waals surface area contributed by atoms with E-state index in [-0.39, 0.29) is 18.9 Å². The Bertz CT molecular complexity index is 1330. The molecule has 0 aliphatic heterocycles. The summed E-state index contributed by atoms with van der Waals surface area (Å²) in [5, 5.41) is 13.3. The monoisotopic (exact) mass is 454 g/mol. The molecule has 5 rings (SSSR count). The van der Waals surface area contributed by atoms with Crippen molar-refractivity contribution in [3.05, 3.63) is 95.2 Å². The Balaban J connectivity index is 1.29. The van der Waals surface area contributed by atoms with Crippen molar-refractivity contribution in [2.24, 2.45) is 0 Å². The van der Waals surface area contributed by atoms with E-state index >= 15 is 0 Å². The van der Waals surface area contributed by atoms with Crippen LogP contribution in [0.4, 0.5) is 4.79 Å². The number of H-pyrrole nitrogens is 1. The van der Waals surface area contributed by atoms with E-state index in [1.54, 1.807) is 0 Å². The van der Waals surface area contributed by atoms with Gasteiger partial charge in [0.1, 0.15) is 12.6 Å². The van der Waals surface area contributed by atoms with Crippen molar-refractivity contribution in [2.45, 2.75) is 31.7 Å². The predicted molar refractivity (Wildman–Crippen MR) is 131 cm³/mol. The number of benzene rings is 3. The molecule has 0 saturated carbocycles. The average molecular weight is 455 g/mol. The zero-order chi connectivity index (χ0) is 23.7. The van der Waals surface area contributed by atoms with Crippen molar-refractivity contribution in [1.82, 2.24) is 10.3 Å². The molecule has 172 valence electrons. The molecular weight excluding hydrogens is 428 g/mol. The van der Waals surface area contributed by atoms with Gasteiger partial charge in [0.25, 0.3) is 0 Å². The highest BCUT2D eigenvalue weighted by Crippen LogP contribution is 2.44. The molecule has 4 aromatic rings. The SMILES string of the molecule is CCc1cccc2c(C[C@H](NC(=O)OCC3c4ccccc4-c4ccccc43)C(=O)O)c[nH]c12. The number of hydrogen-bond acceptors (Lipinski definition) is 3. The first-order valence-corrected chi connectivity index (χ1v) is 11.5. The number of amides is 1. The molecule has 0 saturated heterocycles. The second-order valence-electron chi connectivity index (χ2n) is 8.57. The standard InChI is InChI=1S/C28H26N2O4/c1-2-17-8-7-13-19-18(15-29-26(17)19)14-25(27(31)32)30-28(33)34-16-24-22-11-5-3-9-20(22)21-10-4-6-12-23(21)24/h3-13,15,24-25,29H,2,14,16H2,1H3,(H,30,33)(H,31,32)/t25-/m0/s1. The summed E-state index contributed by atoms with van der Waals surface area (Å²) in [7, 11) is 0. The average Bonchev–Trinajstić information content (AvgIpc) is 3.41. The minimum absolute atomic E-state index is 0.0810. The van der Waals surface area contributed by atoms with Crippen molar-refractivity contribution in [2.75, 3.05) is 6.61 Å². The van der Waals surface area contributed by atoms with Crippen LogP contribution in [0, 0.1) is 0 Å². The molecule has 1 amide bonds. The maximum absolute atomic E-state index is 12.6. The molecule has 0 unspecified atom stereocenters. The van der Waals surface area contributed by atoms with Gasteiger partial charge in [0.15, 0.2) is 0 Å². The van der Waals surface area contributed by atoms with Crippen LogP contribution in [0.5, 0.6) is 0 Å². The first kappa shape index (κ1) is 21.8. The second kappa shape index (κ2) is 9.06. The number of carbonyl (C=O) groups excluding carboxylic acids is 1. The van der Waals surface area contributed by atoms with E-state index in [2.05, 4.69) is 29.4 Å². The van der Waals surface area contributed by atoms with E-state index in [4.69, 9.17) is 4.74 Å². The molecule has 0 spiro atoms. The zero-order valence-corrected chi connectivity index (χ0v) is 18.9. The minimum atomic E-state index is -1.10. The van der Waals surface area contributed by atoms with E-state index in [0.717, 1.165) is 45.1 Å². The van der Waals surface area contributed by atoms with Gasteiger partial charge in [-0.1, -0.05) is 73.7 Å². The number of carbonyl (C=O) groups is 2. The summed E-state index contributed by atoms with van der Waals surface area (Å²) in [6.07, 6.45) is 2.12. The van der Waals surface area contributed by atoms with Crippen LogP contribution in [0.15, 0.2) is 72.9 Å². The number of hydrogen-bond donors (Lipinski definition) is 3. The normalized spacial score (nSPS) is 13.3. The number of aromatic amines is 1. The lowest BCUT2D eigenvalue weighted by molar-refractivity contribution is -0.139. The lowest BCUT2D eigenvalue weighted by Gasteiger charge is -2.17. The Hall–Kier alpha value is -4.06. The molecule has 34 heavy (non-hydrogen) atoms. The molecule has 1 atom stereocenters. The number of aromatic nitrogens is 1. The van der Waals surface area contributed by atoms with Crippen LogP contribution in [0.3, 0.4) is 0 Å². The number of aryl methyl sites for hydroxylation is 1. The summed E-state index contributed by atoms with van der Waals surface area (Å²) >= 11 is 0. The molecule has 0 fully saturated rings. The number of para-hydroxylation sites is 1. The summed E-state index contributed by atoms with van der Waals surface area (Å²) in [4.78, 5) is 27.8. The molecule has 3 aromatic carbocycles. The molecule has 0 radical (unpaired) electrons. The first-order valence-electron chi connectivity index (χ1n) is 11.5. The summed E-state index contributed by atoms with van der Waals surface area (Å²) in [6.45, 7) is 2.22. The number of nitrogens with one attached hydrogen (secondary N) is 2. The summed E-state index contributed by atoms with van der Waals surface area (Å²) < 4.78 is 5.54. The molecule has 6 heteroatoms. The van der Waals surface area contributed by atoms with Crippen LogP contribution in [0.1, 0.15) is 35.1 Å². The van der Waals surface area contributed by atoms with E-state index < -0.39 is 18.1 Å². The third kappa shape index (κ3) is 3.92. The van der Waals surface area contributed by atoms with Gasteiger partial charge in [-0.05, 0) is 39.8 Å². The van der Waals surface area contributed by atoms with Crippen molar-refractivity contribution in [1.29, 1.82) is 0 Å². The highest BCUT2D eigenvalue weighted by atomic mass is 16.5. The van der Waals surface area contributed by atoms with Crippen LogP contribution < -0.4 is 5.32 Å². The number of fused-ring (bicyclic) bond motifs is 4. The van der Waals surface area contributed by atoms with Gasteiger partial charge < -0.3 is 20.1 Å². The van der Waals surface area contributed by atoms with E-state index in [1.807, 2.05) is 60.8 Å². The Labute approximate surface area is 197 Å². The maximum atomic E-state index is 12.6. The molecule has 1 aliphatic rings. The highest BCUT2D eigenvalue weighted by molar-refractivity contribution is 5.87. The summed E-state index contributed by atoms with van der Waals surface area (Å²) in [5.74, 6) is -1.18. The van der Waals surface area contributed by atoms with Crippen molar-refractivity contribution in [3.63, 3.8) is 0 Å². The maximum Gasteiger partial charge on any atom is 0.407 e. The Kier molecular flexibility index (Phi) is 5.80. The quantitative estimate of drug-likeness (QED) is 0.355. The van der Waals surface area contributed by atoms with E-state index in [9.17, 15) is 14.7 Å². The molecule has 1 aromatic heterocycles. The van der Waals surface area contributed by atoms with Crippen molar-refractivity contribution >= 4 is 23.0 Å². The van der Waals surface area contributed by atoms with Gasteiger partial charge in [-0.25, -0.2) is 9.59 Å². The van der Waals surface area contributed by atoms with Gasteiger partial charge in [0.2, 0.25) is 0 Å². The number of carboxylic acid groups (broad SMARTS) is 1. The second-order valence-corrected chi connectivity index (χ2v) is 8.57. The van der Waals surface area contributed by atoms with Crippen LogP contribution in [0.2, 0.25) is 0 Å². The van der Waals surface area contributed by atoms with Crippen LogP contribution in [-0.4, -0.2) is 34.8 Å². The minimum Gasteiger partial charge on any atom is -0.480 e. The lowest BCUT2D eigenvalue weighted by atomic mass is 9.98. The Morgan fingerprint density at radius 3 is 2.29 bits per heavy atom. The number of ether oxygens (including phenoxy) is 1. The molecule has 6 nitrogen and oxygen atoms in total. The van der Waals surface area contributed by atoms with Crippen molar-refractivity contribution in [3.8, 4) is 11.1 Å². The van der Waals surface area contributed by atoms with Gasteiger partial charge in [0.05, 0.1) is 0 Å². The molecule has 1 heterocycles. The molecular formula is C28H26N2O4. The van der Waals surface area contributed by atoms with Gasteiger partial charge in [0, 0.05) is 29.4 Å². The Morgan fingerprint density at radius 1 is 0.971 bits per heavy atom. The lowest BCUT2D eigenvalue weighted by Crippen LogP contribution is -2.42. The van der Waals surface area contributed by atoms with Crippen LogP contribution in [-0.2, 0) is 22.4 Å². The summed E-state index contributed by atoms with van der Waals surface area (Å²) in [6, 6.07) is 21.1. The van der Waals surface area contributed by atoms with Crippen LogP contribution >= 0.6 is 0 Å².